The van der Waals surface area contributed by atoms with Gasteiger partial charge in [0.2, 0.25) is 0 Å². The molecule has 2 aliphatic rings. The first-order valence-corrected chi connectivity index (χ1v) is 5.51. The van der Waals surface area contributed by atoms with Crippen LogP contribution in [0.2, 0.25) is 0 Å². The normalized spacial score (nSPS) is 29.3. The molecular weight excluding hydrogens is 144 g/mol. The van der Waals surface area contributed by atoms with E-state index in [-0.39, 0.29) is 0 Å². The van der Waals surface area contributed by atoms with E-state index in [1.807, 2.05) is 0 Å². The van der Waals surface area contributed by atoms with Crippen LogP contribution < -0.4 is 0 Å². The molecule has 0 unspecified atom stereocenters. The molecule has 0 bridgehead atoms. The van der Waals surface area contributed by atoms with E-state index < -0.39 is 0 Å². The van der Waals surface area contributed by atoms with Gasteiger partial charge in [-0.3, -0.25) is 0 Å². The van der Waals surface area contributed by atoms with Crippen LogP contribution >= 0.6 is 0 Å². The second kappa shape index (κ2) is 3.24. The third-order valence-electron chi connectivity index (χ3n) is 4.11. The van der Waals surface area contributed by atoms with E-state index in [0.29, 0.717) is 5.41 Å². The topological polar surface area (TPSA) is 0 Å². The average Bonchev–Trinajstić information content (AvgIpc) is 2.76. The smallest absolute Gasteiger partial charge is 0.00927 e. The lowest BCUT2D eigenvalue weighted by atomic mass is 9.73. The van der Waals surface area contributed by atoms with Crippen LogP contribution in [-0.2, 0) is 0 Å². The van der Waals surface area contributed by atoms with Crippen LogP contribution in [0.4, 0.5) is 0 Å². The van der Waals surface area contributed by atoms with Crippen molar-refractivity contribution in [3.05, 3.63) is 12.7 Å². The summed E-state index contributed by atoms with van der Waals surface area (Å²) in [6, 6.07) is 0. The molecule has 0 radical (unpaired) electrons. The van der Waals surface area contributed by atoms with E-state index in [0.717, 1.165) is 5.92 Å². The molecule has 2 aliphatic carbocycles. The van der Waals surface area contributed by atoms with Crippen molar-refractivity contribution < 1.29 is 0 Å². The van der Waals surface area contributed by atoms with Crippen LogP contribution in [0.5, 0.6) is 0 Å². The molecule has 0 aliphatic heterocycles. The molecule has 2 saturated carbocycles. The maximum absolute atomic E-state index is 4.06. The van der Waals surface area contributed by atoms with Crippen molar-refractivity contribution in [1.29, 1.82) is 0 Å². The van der Waals surface area contributed by atoms with Crippen molar-refractivity contribution in [2.45, 2.75) is 51.4 Å². The van der Waals surface area contributed by atoms with Crippen LogP contribution in [0, 0.1) is 11.3 Å². The van der Waals surface area contributed by atoms with Crippen LogP contribution in [0.25, 0.3) is 0 Å². The summed E-state index contributed by atoms with van der Waals surface area (Å²) in [5, 5.41) is 0. The van der Waals surface area contributed by atoms with Crippen molar-refractivity contribution in [1.82, 2.24) is 0 Å². The highest BCUT2D eigenvalue weighted by Gasteiger charge is 2.39. The van der Waals surface area contributed by atoms with Crippen molar-refractivity contribution in [3.63, 3.8) is 0 Å². The lowest BCUT2D eigenvalue weighted by molar-refractivity contribution is 0.240. The number of allylic oxidation sites excluding steroid dienone is 1. The third kappa shape index (κ3) is 1.22. The Bertz CT molecular complexity index is 157. The quantitative estimate of drug-likeness (QED) is 0.543. The van der Waals surface area contributed by atoms with E-state index >= 15 is 0 Å². The predicted molar refractivity (Wildman–Crippen MR) is 53.1 cm³/mol. The van der Waals surface area contributed by atoms with Gasteiger partial charge in [-0.25, -0.2) is 0 Å². The van der Waals surface area contributed by atoms with E-state index in [1.165, 1.54) is 51.4 Å². The second-order valence-electron chi connectivity index (χ2n) is 4.63. The van der Waals surface area contributed by atoms with Crippen molar-refractivity contribution >= 4 is 0 Å². The number of rotatable bonds is 2. The summed E-state index contributed by atoms with van der Waals surface area (Å²) in [5.74, 6) is 0.998. The Hall–Kier alpha value is -0.260. The molecule has 2 fully saturated rings. The van der Waals surface area contributed by atoms with E-state index in [9.17, 15) is 0 Å². The largest absolute Gasteiger partial charge is 0.103 e. The van der Waals surface area contributed by atoms with Gasteiger partial charge in [-0.15, -0.1) is 6.58 Å². The van der Waals surface area contributed by atoms with Crippen molar-refractivity contribution in [2.24, 2.45) is 11.3 Å². The SMILES string of the molecule is C=CC1(C2CCCC2)CCCC1. The van der Waals surface area contributed by atoms with Gasteiger partial charge in [0.25, 0.3) is 0 Å². The van der Waals surface area contributed by atoms with Crippen LogP contribution in [0.15, 0.2) is 12.7 Å². The fourth-order valence-corrected chi connectivity index (χ4v) is 3.31. The van der Waals surface area contributed by atoms with Gasteiger partial charge < -0.3 is 0 Å². The molecule has 0 saturated heterocycles. The molecule has 12 heavy (non-hydrogen) atoms. The predicted octanol–water partition coefficient (Wildman–Crippen LogP) is 3.92. The summed E-state index contributed by atoms with van der Waals surface area (Å²) in [4.78, 5) is 0. The number of hydrogen-bond donors (Lipinski definition) is 0. The summed E-state index contributed by atoms with van der Waals surface area (Å²) >= 11 is 0. The standard InChI is InChI=1S/C12H20/c1-2-12(9-5-6-10-12)11-7-3-4-8-11/h2,11H,1,3-10H2. The number of hydrogen-bond acceptors (Lipinski definition) is 0. The molecular formula is C12H20. The lowest BCUT2D eigenvalue weighted by Gasteiger charge is -2.32. The molecule has 0 atom stereocenters. The van der Waals surface area contributed by atoms with Gasteiger partial charge in [0.15, 0.2) is 0 Å². The molecule has 0 heterocycles. The zero-order valence-corrected chi connectivity index (χ0v) is 8.02. The average molecular weight is 164 g/mol. The minimum absolute atomic E-state index is 0.580. The zero-order valence-electron chi connectivity index (χ0n) is 8.02. The Morgan fingerprint density at radius 3 is 2.08 bits per heavy atom. The van der Waals surface area contributed by atoms with E-state index in [1.54, 1.807) is 0 Å². The van der Waals surface area contributed by atoms with Gasteiger partial charge in [0.05, 0.1) is 0 Å². The maximum Gasteiger partial charge on any atom is -0.00927 e. The lowest BCUT2D eigenvalue weighted by Crippen LogP contribution is -2.22. The molecule has 2 rings (SSSR count). The highest BCUT2D eigenvalue weighted by molar-refractivity contribution is 5.03. The summed E-state index contributed by atoms with van der Waals surface area (Å²) in [6.07, 6.45) is 13.9. The molecule has 0 aromatic heterocycles. The van der Waals surface area contributed by atoms with Gasteiger partial charge >= 0.3 is 0 Å². The highest BCUT2D eigenvalue weighted by atomic mass is 14.4. The Morgan fingerprint density at radius 1 is 1.00 bits per heavy atom. The highest BCUT2D eigenvalue weighted by Crippen LogP contribution is 2.51. The van der Waals surface area contributed by atoms with Gasteiger partial charge in [0, 0.05) is 0 Å². The summed E-state index contributed by atoms with van der Waals surface area (Å²) in [5.41, 5.74) is 0.580. The van der Waals surface area contributed by atoms with Crippen molar-refractivity contribution in [2.75, 3.05) is 0 Å². The molecule has 0 heteroatoms. The molecule has 0 N–H and O–H groups in total. The third-order valence-corrected chi connectivity index (χ3v) is 4.11. The van der Waals surface area contributed by atoms with Crippen LogP contribution in [-0.4, -0.2) is 0 Å². The van der Waals surface area contributed by atoms with Gasteiger partial charge in [-0.05, 0) is 37.0 Å². The van der Waals surface area contributed by atoms with Crippen molar-refractivity contribution in [3.8, 4) is 0 Å². The summed E-state index contributed by atoms with van der Waals surface area (Å²) < 4.78 is 0. The van der Waals surface area contributed by atoms with Gasteiger partial charge in [-0.1, -0.05) is 31.8 Å². The molecule has 0 spiro atoms. The first-order chi connectivity index (χ1) is 5.87. The van der Waals surface area contributed by atoms with E-state index in [2.05, 4.69) is 12.7 Å². The monoisotopic (exact) mass is 164 g/mol. The maximum atomic E-state index is 4.06. The fraction of sp³-hybridized carbons (Fsp3) is 0.833. The minimum atomic E-state index is 0.580. The van der Waals surface area contributed by atoms with Gasteiger partial charge in [-0.2, -0.15) is 0 Å². The van der Waals surface area contributed by atoms with Crippen LogP contribution in [0.1, 0.15) is 51.4 Å². The second-order valence-corrected chi connectivity index (χ2v) is 4.63. The Balaban J connectivity index is 2.09. The summed E-state index contributed by atoms with van der Waals surface area (Å²) in [7, 11) is 0. The first kappa shape index (κ1) is 8.34. The van der Waals surface area contributed by atoms with Gasteiger partial charge in [0.1, 0.15) is 0 Å². The fourth-order valence-electron chi connectivity index (χ4n) is 3.31. The minimum Gasteiger partial charge on any atom is -0.103 e. The Morgan fingerprint density at radius 2 is 1.58 bits per heavy atom. The zero-order chi connectivity index (χ0) is 8.44. The molecule has 68 valence electrons. The first-order valence-electron chi connectivity index (χ1n) is 5.51. The Kier molecular flexibility index (Phi) is 2.25. The van der Waals surface area contributed by atoms with E-state index in [4.69, 9.17) is 0 Å². The molecule has 0 aromatic rings. The molecule has 0 amide bonds. The Labute approximate surface area is 76.1 Å². The molecule has 0 nitrogen and oxygen atoms in total. The van der Waals surface area contributed by atoms with Crippen LogP contribution in [0.3, 0.4) is 0 Å². The summed E-state index contributed by atoms with van der Waals surface area (Å²) in [6.45, 7) is 4.06. The molecule has 0 aromatic carbocycles.